The Kier molecular flexibility index (Phi) is 5.05. The van der Waals surface area contributed by atoms with Gasteiger partial charge in [0.15, 0.2) is 0 Å². The zero-order chi connectivity index (χ0) is 14.5. The first kappa shape index (κ1) is 14.9. The number of thiophene rings is 1. The summed E-state index contributed by atoms with van der Waals surface area (Å²) in [6.45, 7) is 2.07. The number of nitro groups is 1. The molecule has 0 bridgehead atoms. The van der Waals surface area contributed by atoms with Crippen molar-refractivity contribution >= 4 is 22.3 Å². The summed E-state index contributed by atoms with van der Waals surface area (Å²) < 4.78 is 5.27. The topological polar surface area (TPSA) is 92.9 Å². The van der Waals surface area contributed by atoms with Crippen molar-refractivity contribution in [2.24, 2.45) is 0 Å². The molecule has 8 heteroatoms. The lowest BCUT2D eigenvalue weighted by Crippen LogP contribution is -2.37. The molecule has 2 heterocycles. The quantitative estimate of drug-likeness (QED) is 0.635. The van der Waals surface area contributed by atoms with E-state index in [2.05, 4.69) is 4.90 Å². The van der Waals surface area contributed by atoms with Gasteiger partial charge in [0, 0.05) is 31.1 Å². The van der Waals surface area contributed by atoms with Gasteiger partial charge in [0.05, 0.1) is 11.0 Å². The van der Waals surface area contributed by atoms with Gasteiger partial charge in [-0.3, -0.25) is 15.0 Å². The van der Waals surface area contributed by atoms with Crippen molar-refractivity contribution in [1.82, 2.24) is 4.90 Å². The predicted molar refractivity (Wildman–Crippen MR) is 72.9 cm³/mol. The number of ether oxygens (including phenoxy) is 1. The molecule has 7 nitrogen and oxygen atoms in total. The van der Waals surface area contributed by atoms with Crippen LogP contribution in [0.4, 0.5) is 5.00 Å². The maximum absolute atomic E-state index is 10.6. The first-order chi connectivity index (χ1) is 9.54. The molecule has 110 valence electrons. The smallest absolute Gasteiger partial charge is 0.329 e. The molecule has 1 fully saturated rings. The van der Waals surface area contributed by atoms with Crippen LogP contribution in [-0.2, 0) is 16.1 Å². The van der Waals surface area contributed by atoms with Gasteiger partial charge in [-0.15, -0.1) is 0 Å². The molecule has 1 aliphatic rings. The molecule has 1 aromatic heterocycles. The van der Waals surface area contributed by atoms with Crippen molar-refractivity contribution in [2.45, 2.75) is 25.5 Å². The largest absolute Gasteiger partial charge is 0.480 e. The third-order valence-electron chi connectivity index (χ3n) is 3.20. The summed E-state index contributed by atoms with van der Waals surface area (Å²) in [6, 6.07) is 1.61. The van der Waals surface area contributed by atoms with E-state index in [-0.39, 0.29) is 22.6 Å². The van der Waals surface area contributed by atoms with Crippen LogP contribution < -0.4 is 0 Å². The molecule has 0 atom stereocenters. The van der Waals surface area contributed by atoms with E-state index in [0.29, 0.717) is 6.54 Å². The Hall–Kier alpha value is -1.51. The fourth-order valence-electron chi connectivity index (χ4n) is 2.22. The molecule has 0 saturated carbocycles. The highest BCUT2D eigenvalue weighted by Gasteiger charge is 2.21. The molecule has 1 N–H and O–H groups in total. The van der Waals surface area contributed by atoms with Crippen molar-refractivity contribution in [3.05, 3.63) is 27.1 Å². The summed E-state index contributed by atoms with van der Waals surface area (Å²) in [4.78, 5) is 22.9. The lowest BCUT2D eigenvalue weighted by atomic mass is 10.1. The molecule has 2 rings (SSSR count). The van der Waals surface area contributed by atoms with E-state index in [1.165, 1.54) is 0 Å². The first-order valence-corrected chi connectivity index (χ1v) is 7.20. The van der Waals surface area contributed by atoms with Gasteiger partial charge in [0.2, 0.25) is 0 Å². The van der Waals surface area contributed by atoms with Crippen LogP contribution >= 0.6 is 11.3 Å². The zero-order valence-electron chi connectivity index (χ0n) is 10.9. The second-order valence-corrected chi connectivity index (χ2v) is 5.62. The van der Waals surface area contributed by atoms with E-state index in [0.717, 1.165) is 42.8 Å². The number of piperidine rings is 1. The average molecular weight is 300 g/mol. The SMILES string of the molecule is O=C(O)COC1CCN(Cc2csc([N+](=O)[O-])c2)CC1. The second kappa shape index (κ2) is 6.78. The Morgan fingerprint density at radius 2 is 2.25 bits per heavy atom. The number of hydrogen-bond acceptors (Lipinski definition) is 6. The number of likely N-dealkylation sites (tertiary alicyclic amines) is 1. The number of hydrogen-bond donors (Lipinski definition) is 1. The van der Waals surface area contributed by atoms with Crippen molar-refractivity contribution in [2.75, 3.05) is 19.7 Å². The Balaban J connectivity index is 1.76. The van der Waals surface area contributed by atoms with Crippen LogP contribution in [0.1, 0.15) is 18.4 Å². The minimum atomic E-state index is -0.946. The van der Waals surface area contributed by atoms with Crippen LogP contribution in [0.3, 0.4) is 0 Å². The molecule has 0 amide bonds. The number of carboxylic acids is 1. The molecular formula is C12H16N2O5S. The van der Waals surface area contributed by atoms with Crippen LogP contribution in [0.25, 0.3) is 0 Å². The van der Waals surface area contributed by atoms with Crippen molar-refractivity contribution in [1.29, 1.82) is 0 Å². The van der Waals surface area contributed by atoms with Gasteiger partial charge in [-0.2, -0.15) is 0 Å². The van der Waals surface area contributed by atoms with E-state index < -0.39 is 5.97 Å². The summed E-state index contributed by atoms with van der Waals surface area (Å²) in [7, 11) is 0. The molecule has 0 aromatic carbocycles. The van der Waals surface area contributed by atoms with E-state index in [9.17, 15) is 14.9 Å². The molecule has 1 saturated heterocycles. The minimum Gasteiger partial charge on any atom is -0.480 e. The van der Waals surface area contributed by atoms with E-state index >= 15 is 0 Å². The van der Waals surface area contributed by atoms with E-state index in [1.807, 2.05) is 5.38 Å². The Morgan fingerprint density at radius 3 is 2.80 bits per heavy atom. The van der Waals surface area contributed by atoms with Gasteiger partial charge in [-0.1, -0.05) is 11.3 Å². The Bertz CT molecular complexity index is 482. The maximum Gasteiger partial charge on any atom is 0.329 e. The molecule has 1 aromatic rings. The highest BCUT2D eigenvalue weighted by atomic mass is 32.1. The third-order valence-corrected chi connectivity index (χ3v) is 4.13. The van der Waals surface area contributed by atoms with Crippen LogP contribution in [0.5, 0.6) is 0 Å². The van der Waals surface area contributed by atoms with Gasteiger partial charge in [-0.05, 0) is 18.4 Å². The summed E-state index contributed by atoms with van der Waals surface area (Å²) in [5.41, 5.74) is 0.951. The third kappa shape index (κ3) is 4.26. The minimum absolute atomic E-state index is 0.000777. The summed E-state index contributed by atoms with van der Waals surface area (Å²) in [5.74, 6) is -0.946. The Labute approximate surface area is 119 Å². The highest BCUT2D eigenvalue weighted by molar-refractivity contribution is 7.13. The van der Waals surface area contributed by atoms with E-state index in [4.69, 9.17) is 9.84 Å². The monoisotopic (exact) mass is 300 g/mol. The van der Waals surface area contributed by atoms with Crippen LogP contribution in [0.2, 0.25) is 0 Å². The molecule has 0 spiro atoms. The molecular weight excluding hydrogens is 284 g/mol. The summed E-state index contributed by atoms with van der Waals surface area (Å²) in [6.07, 6.45) is 1.58. The van der Waals surface area contributed by atoms with Crippen molar-refractivity contribution < 1.29 is 19.6 Å². The first-order valence-electron chi connectivity index (χ1n) is 6.32. The number of aliphatic carboxylic acids is 1. The summed E-state index contributed by atoms with van der Waals surface area (Å²) >= 11 is 1.14. The molecule has 0 aliphatic carbocycles. The van der Waals surface area contributed by atoms with Crippen molar-refractivity contribution in [3.63, 3.8) is 0 Å². The lowest BCUT2D eigenvalue weighted by Gasteiger charge is -2.31. The van der Waals surface area contributed by atoms with Crippen molar-refractivity contribution in [3.8, 4) is 0 Å². The maximum atomic E-state index is 10.6. The van der Waals surface area contributed by atoms with E-state index in [1.54, 1.807) is 6.07 Å². The van der Waals surface area contributed by atoms with Gasteiger partial charge in [0.1, 0.15) is 6.61 Å². The Morgan fingerprint density at radius 1 is 1.55 bits per heavy atom. The summed E-state index contributed by atoms with van der Waals surface area (Å²) in [5, 5.41) is 21.1. The second-order valence-electron chi connectivity index (χ2n) is 4.73. The van der Waals surface area contributed by atoms with Gasteiger partial charge < -0.3 is 9.84 Å². The number of rotatable bonds is 6. The highest BCUT2D eigenvalue weighted by Crippen LogP contribution is 2.24. The van der Waals surface area contributed by atoms with Crippen LogP contribution in [0.15, 0.2) is 11.4 Å². The lowest BCUT2D eigenvalue weighted by molar-refractivity contribution is -0.380. The van der Waals surface area contributed by atoms with Gasteiger partial charge >= 0.3 is 11.0 Å². The van der Waals surface area contributed by atoms with Crippen LogP contribution in [0, 0.1) is 10.1 Å². The van der Waals surface area contributed by atoms with Gasteiger partial charge in [-0.25, -0.2) is 4.79 Å². The molecule has 0 radical (unpaired) electrons. The fourth-order valence-corrected chi connectivity index (χ4v) is 2.94. The molecule has 1 aliphatic heterocycles. The number of carbonyl (C=O) groups is 1. The molecule has 0 unspecified atom stereocenters. The fraction of sp³-hybridized carbons (Fsp3) is 0.583. The normalized spacial score (nSPS) is 17.2. The van der Waals surface area contributed by atoms with Gasteiger partial charge in [0.25, 0.3) is 0 Å². The number of nitrogens with zero attached hydrogens (tertiary/aromatic N) is 2. The standard InChI is InChI=1S/C12H16N2O5S/c15-12(16)7-19-10-1-3-13(4-2-10)6-9-5-11(14(17)18)20-8-9/h5,8,10H,1-4,6-7H2,(H,15,16). The number of carboxylic acid groups (broad SMARTS) is 1. The van der Waals surface area contributed by atoms with Crippen LogP contribution in [-0.4, -0.2) is 46.7 Å². The average Bonchev–Trinajstić information content (AvgIpc) is 2.86. The zero-order valence-corrected chi connectivity index (χ0v) is 11.7. The molecule has 20 heavy (non-hydrogen) atoms. The predicted octanol–water partition coefficient (Wildman–Crippen LogP) is 1.72.